The van der Waals surface area contributed by atoms with Crippen LogP contribution in [0, 0.1) is 10.1 Å². The lowest BCUT2D eigenvalue weighted by Gasteiger charge is -2.14. The fourth-order valence-corrected chi connectivity index (χ4v) is 4.06. The zero-order chi connectivity index (χ0) is 22.5. The highest BCUT2D eigenvalue weighted by molar-refractivity contribution is 8.26. The normalized spacial score (nSPS) is 14.6. The monoisotopic (exact) mass is 459 g/mol. The second kappa shape index (κ2) is 9.58. The van der Waals surface area contributed by atoms with Gasteiger partial charge in [-0.1, -0.05) is 42.2 Å². The molecule has 0 radical (unpaired) electrons. The Morgan fingerprint density at radius 2 is 1.94 bits per heavy atom. The molecule has 3 rings (SSSR count). The van der Waals surface area contributed by atoms with Crippen molar-refractivity contribution in [2.24, 2.45) is 0 Å². The summed E-state index contributed by atoms with van der Waals surface area (Å²) >= 11 is 6.31. The maximum atomic E-state index is 12.8. The fourth-order valence-electron chi connectivity index (χ4n) is 2.80. The van der Waals surface area contributed by atoms with Crippen LogP contribution in [0.15, 0.2) is 47.4 Å². The summed E-state index contributed by atoms with van der Waals surface area (Å²) in [5, 5.41) is 13.6. The van der Waals surface area contributed by atoms with Crippen molar-refractivity contribution in [1.29, 1.82) is 0 Å². The molecular formula is C20H17N3O6S2. The number of nitro benzene ring substituents is 1. The van der Waals surface area contributed by atoms with Gasteiger partial charge in [-0.2, -0.15) is 0 Å². The highest BCUT2D eigenvalue weighted by Crippen LogP contribution is 2.34. The summed E-state index contributed by atoms with van der Waals surface area (Å²) in [5.41, 5.74) is 0.501. The van der Waals surface area contributed by atoms with E-state index in [-0.39, 0.29) is 22.2 Å². The number of anilines is 1. The summed E-state index contributed by atoms with van der Waals surface area (Å²) in [4.78, 5) is 37.2. The second-order valence-corrected chi connectivity index (χ2v) is 7.88. The second-order valence-electron chi connectivity index (χ2n) is 6.20. The number of nitro groups is 1. The highest BCUT2D eigenvalue weighted by Gasteiger charge is 2.33. The zero-order valence-electron chi connectivity index (χ0n) is 16.5. The van der Waals surface area contributed by atoms with Crippen molar-refractivity contribution in [2.45, 2.75) is 0 Å². The molecule has 2 aromatic carbocycles. The molecule has 0 bridgehead atoms. The Balaban J connectivity index is 1.74. The highest BCUT2D eigenvalue weighted by atomic mass is 32.2. The summed E-state index contributed by atoms with van der Waals surface area (Å²) in [5.74, 6) is 0.0369. The molecule has 1 saturated heterocycles. The van der Waals surface area contributed by atoms with Crippen LogP contribution in [0.4, 0.5) is 11.4 Å². The van der Waals surface area contributed by atoms with Gasteiger partial charge in [-0.05, 0) is 29.8 Å². The predicted octanol–water partition coefficient (Wildman–Crippen LogP) is 3.45. The Hall–Kier alpha value is -3.44. The van der Waals surface area contributed by atoms with Gasteiger partial charge in [0.05, 0.1) is 24.0 Å². The van der Waals surface area contributed by atoms with E-state index in [1.165, 1.54) is 32.4 Å². The summed E-state index contributed by atoms with van der Waals surface area (Å²) < 4.78 is 10.7. The zero-order valence-corrected chi connectivity index (χ0v) is 18.1. The lowest BCUT2D eigenvalue weighted by molar-refractivity contribution is -0.383. The molecule has 1 heterocycles. The number of carbonyl (C=O) groups excluding carboxylic acids is 2. The van der Waals surface area contributed by atoms with Crippen LogP contribution in [0.25, 0.3) is 6.08 Å². The molecule has 0 aromatic heterocycles. The van der Waals surface area contributed by atoms with Crippen LogP contribution in [0.2, 0.25) is 0 Å². The molecule has 1 aliphatic rings. The lowest BCUT2D eigenvalue weighted by Crippen LogP contribution is -2.36. The molecule has 2 aromatic rings. The van der Waals surface area contributed by atoms with Crippen molar-refractivity contribution in [3.8, 4) is 11.5 Å². The Bertz CT molecular complexity index is 1100. The maximum Gasteiger partial charge on any atom is 0.292 e. The number of methoxy groups -OCH3 is 2. The van der Waals surface area contributed by atoms with E-state index in [2.05, 4.69) is 5.32 Å². The number of para-hydroxylation sites is 2. The lowest BCUT2D eigenvalue weighted by atomic mass is 10.2. The van der Waals surface area contributed by atoms with Crippen molar-refractivity contribution in [3.63, 3.8) is 0 Å². The Morgan fingerprint density at radius 1 is 1.23 bits per heavy atom. The molecule has 0 spiro atoms. The molecule has 0 unspecified atom stereocenters. The largest absolute Gasteiger partial charge is 0.493 e. The van der Waals surface area contributed by atoms with Crippen molar-refractivity contribution < 1.29 is 24.0 Å². The van der Waals surface area contributed by atoms with E-state index in [4.69, 9.17) is 21.7 Å². The van der Waals surface area contributed by atoms with E-state index in [0.29, 0.717) is 22.0 Å². The van der Waals surface area contributed by atoms with Crippen LogP contribution in [0.1, 0.15) is 5.56 Å². The topological polar surface area (TPSA) is 111 Å². The molecule has 11 heteroatoms. The first-order valence-electron chi connectivity index (χ1n) is 8.84. The third-order valence-electron chi connectivity index (χ3n) is 4.26. The molecule has 31 heavy (non-hydrogen) atoms. The molecule has 0 atom stereocenters. The Morgan fingerprint density at radius 3 is 2.61 bits per heavy atom. The predicted molar refractivity (Wildman–Crippen MR) is 121 cm³/mol. The first-order valence-corrected chi connectivity index (χ1v) is 10.1. The molecule has 160 valence electrons. The van der Waals surface area contributed by atoms with E-state index in [0.717, 1.165) is 16.7 Å². The van der Waals surface area contributed by atoms with E-state index >= 15 is 0 Å². The molecule has 9 nitrogen and oxygen atoms in total. The number of thioether (sulfide) groups is 1. The van der Waals surface area contributed by atoms with Crippen LogP contribution in [-0.4, -0.2) is 46.7 Å². The van der Waals surface area contributed by atoms with Gasteiger partial charge in [0.25, 0.3) is 11.6 Å². The average Bonchev–Trinajstić information content (AvgIpc) is 3.01. The number of ether oxygens (including phenoxy) is 2. The number of nitrogens with one attached hydrogen (secondary N) is 1. The first-order chi connectivity index (χ1) is 14.8. The third kappa shape index (κ3) is 5.01. The number of rotatable bonds is 7. The molecule has 2 amide bonds. The molecule has 0 aliphatic carbocycles. The molecule has 1 aliphatic heterocycles. The van der Waals surface area contributed by atoms with E-state index in [1.807, 2.05) is 0 Å². The minimum Gasteiger partial charge on any atom is -0.493 e. The minimum atomic E-state index is -0.599. The van der Waals surface area contributed by atoms with Crippen LogP contribution >= 0.6 is 24.0 Å². The molecular weight excluding hydrogens is 442 g/mol. The average molecular weight is 460 g/mol. The van der Waals surface area contributed by atoms with Crippen LogP contribution in [0.5, 0.6) is 11.5 Å². The number of amides is 2. The van der Waals surface area contributed by atoms with Gasteiger partial charge in [0, 0.05) is 6.07 Å². The van der Waals surface area contributed by atoms with Crippen molar-refractivity contribution in [2.75, 3.05) is 26.1 Å². The van der Waals surface area contributed by atoms with Crippen LogP contribution < -0.4 is 14.8 Å². The molecule has 1 fully saturated rings. The minimum absolute atomic E-state index is 0.0452. The van der Waals surface area contributed by atoms with Gasteiger partial charge < -0.3 is 14.8 Å². The summed E-state index contributed by atoms with van der Waals surface area (Å²) in [6.45, 7) is -0.361. The van der Waals surface area contributed by atoms with E-state index < -0.39 is 16.7 Å². The third-order valence-corrected chi connectivity index (χ3v) is 5.63. The number of hydrogen-bond donors (Lipinski definition) is 1. The number of carbonyl (C=O) groups is 2. The Labute approximate surface area is 187 Å². The number of hydrogen-bond acceptors (Lipinski definition) is 8. The van der Waals surface area contributed by atoms with Crippen molar-refractivity contribution >= 4 is 57.6 Å². The number of nitrogens with zero attached hydrogens (tertiary/aromatic N) is 2. The van der Waals surface area contributed by atoms with Crippen molar-refractivity contribution in [3.05, 3.63) is 63.0 Å². The van der Waals surface area contributed by atoms with Crippen LogP contribution in [-0.2, 0) is 9.59 Å². The summed E-state index contributed by atoms with van der Waals surface area (Å²) in [7, 11) is 3.04. The summed E-state index contributed by atoms with van der Waals surface area (Å²) in [6.07, 6.45) is 1.64. The van der Waals surface area contributed by atoms with Crippen molar-refractivity contribution in [1.82, 2.24) is 4.90 Å². The number of thiocarbonyl (C=S) groups is 1. The Kier molecular flexibility index (Phi) is 6.88. The maximum absolute atomic E-state index is 12.8. The quantitative estimate of drug-likeness (QED) is 0.290. The van der Waals surface area contributed by atoms with Gasteiger partial charge in [-0.15, -0.1) is 0 Å². The van der Waals surface area contributed by atoms with Gasteiger partial charge >= 0.3 is 0 Å². The van der Waals surface area contributed by atoms with Gasteiger partial charge in [0.1, 0.15) is 16.6 Å². The van der Waals surface area contributed by atoms with Crippen LogP contribution in [0.3, 0.4) is 0 Å². The number of benzene rings is 2. The van der Waals surface area contributed by atoms with Gasteiger partial charge in [0.2, 0.25) is 5.91 Å². The van der Waals surface area contributed by atoms with Gasteiger partial charge in [0.15, 0.2) is 11.5 Å². The smallest absolute Gasteiger partial charge is 0.292 e. The SMILES string of the molecule is COc1ccc(/C=C2/SC(=S)N(CC(=O)Nc3ccccc3[N+](=O)[O-])C2=O)cc1OC. The summed E-state index contributed by atoms with van der Waals surface area (Å²) in [6, 6.07) is 10.9. The van der Waals surface area contributed by atoms with Gasteiger partial charge in [-0.3, -0.25) is 24.6 Å². The molecule has 1 N–H and O–H groups in total. The van der Waals surface area contributed by atoms with E-state index in [9.17, 15) is 19.7 Å². The molecule has 0 saturated carbocycles. The van der Waals surface area contributed by atoms with Gasteiger partial charge in [-0.25, -0.2) is 0 Å². The fraction of sp³-hybridized carbons (Fsp3) is 0.150. The standard InChI is InChI=1S/C20H17N3O6S2/c1-28-15-8-7-12(9-16(15)29-2)10-17-19(25)22(20(30)31-17)11-18(24)21-13-5-3-4-6-14(13)23(26)27/h3-10H,11H2,1-2H3,(H,21,24)/b17-10+. The van der Waals surface area contributed by atoms with E-state index in [1.54, 1.807) is 30.3 Å². The first kappa shape index (κ1) is 22.2.